The van der Waals surface area contributed by atoms with Gasteiger partial charge in [-0.2, -0.15) is 11.8 Å². The van der Waals surface area contributed by atoms with E-state index in [0.717, 1.165) is 11.5 Å². The van der Waals surface area contributed by atoms with Crippen molar-refractivity contribution in [3.05, 3.63) is 95.6 Å². The molecule has 0 aliphatic carbocycles. The topological polar surface area (TPSA) is 75.3 Å². The fourth-order valence-electron chi connectivity index (χ4n) is 2.86. The van der Waals surface area contributed by atoms with Gasteiger partial charge in [-0.05, 0) is 42.8 Å². The zero-order valence-corrected chi connectivity index (χ0v) is 18.3. The number of anilines is 1. The minimum Gasteiger partial charge on any atom is -0.351 e. The van der Waals surface area contributed by atoms with Gasteiger partial charge in [0.25, 0.3) is 15.9 Å². The number of carbonyl (C=O) groups is 1. The minimum absolute atomic E-state index is 0.0489. The van der Waals surface area contributed by atoms with Crippen LogP contribution < -0.4 is 10.0 Å². The van der Waals surface area contributed by atoms with E-state index < -0.39 is 10.0 Å². The first-order chi connectivity index (χ1) is 14.4. The Balaban J connectivity index is 1.52. The van der Waals surface area contributed by atoms with Gasteiger partial charge in [-0.3, -0.25) is 9.52 Å². The van der Waals surface area contributed by atoms with E-state index in [1.54, 1.807) is 48.2 Å². The van der Waals surface area contributed by atoms with Gasteiger partial charge in [-0.25, -0.2) is 8.42 Å². The molecular weight excluding hydrogens is 416 g/mol. The molecule has 0 aliphatic heterocycles. The molecule has 3 rings (SSSR count). The first-order valence-corrected chi connectivity index (χ1v) is 12.2. The zero-order valence-electron chi connectivity index (χ0n) is 16.7. The van der Waals surface area contributed by atoms with Crippen LogP contribution in [0.2, 0.25) is 0 Å². The Bertz CT molecular complexity index is 1100. The molecule has 0 aromatic heterocycles. The maximum atomic E-state index is 12.6. The lowest BCUT2D eigenvalue weighted by atomic mass is 10.2. The largest absolute Gasteiger partial charge is 0.351 e. The Kier molecular flexibility index (Phi) is 7.54. The molecule has 0 atom stereocenters. The zero-order chi connectivity index (χ0) is 21.4. The summed E-state index contributed by atoms with van der Waals surface area (Å²) < 4.78 is 27.7. The predicted molar refractivity (Wildman–Crippen MR) is 123 cm³/mol. The number of benzene rings is 3. The van der Waals surface area contributed by atoms with E-state index in [9.17, 15) is 13.2 Å². The minimum atomic E-state index is -3.77. The molecule has 2 N–H and O–H groups in total. The van der Waals surface area contributed by atoms with Crippen LogP contribution in [0.1, 0.15) is 21.5 Å². The lowest BCUT2D eigenvalue weighted by Crippen LogP contribution is -2.26. The number of para-hydroxylation sites is 1. The lowest BCUT2D eigenvalue weighted by molar-refractivity contribution is 0.0956. The van der Waals surface area contributed by atoms with E-state index in [2.05, 4.69) is 35.2 Å². The van der Waals surface area contributed by atoms with E-state index >= 15 is 0 Å². The number of sulfonamides is 1. The van der Waals surface area contributed by atoms with E-state index in [-0.39, 0.29) is 10.8 Å². The normalized spacial score (nSPS) is 11.1. The number of rotatable bonds is 9. The SMILES string of the molecule is Cc1cccc(CSCCNC(=O)c2cccc(S(=O)(=O)Nc3ccccc3)c2)c1. The molecule has 0 saturated heterocycles. The number of hydrogen-bond acceptors (Lipinski definition) is 4. The van der Waals surface area contributed by atoms with Crippen molar-refractivity contribution in [2.24, 2.45) is 0 Å². The summed E-state index contributed by atoms with van der Waals surface area (Å²) in [6, 6.07) is 23.0. The van der Waals surface area contributed by atoms with Gasteiger partial charge in [-0.15, -0.1) is 0 Å². The summed E-state index contributed by atoms with van der Waals surface area (Å²) in [5, 5.41) is 2.85. The summed E-state index contributed by atoms with van der Waals surface area (Å²) >= 11 is 1.74. The average molecular weight is 441 g/mol. The maximum absolute atomic E-state index is 12.6. The van der Waals surface area contributed by atoms with Gasteiger partial charge in [0.1, 0.15) is 0 Å². The van der Waals surface area contributed by atoms with Crippen molar-refractivity contribution in [3.63, 3.8) is 0 Å². The van der Waals surface area contributed by atoms with Crippen LogP contribution >= 0.6 is 11.8 Å². The van der Waals surface area contributed by atoms with Crippen LogP contribution in [0.25, 0.3) is 0 Å². The molecule has 30 heavy (non-hydrogen) atoms. The van der Waals surface area contributed by atoms with Gasteiger partial charge in [0.15, 0.2) is 0 Å². The van der Waals surface area contributed by atoms with E-state index in [4.69, 9.17) is 0 Å². The first kappa shape index (κ1) is 21.9. The van der Waals surface area contributed by atoms with Crippen LogP contribution in [-0.2, 0) is 15.8 Å². The van der Waals surface area contributed by atoms with E-state index in [1.807, 2.05) is 12.1 Å². The molecule has 0 radical (unpaired) electrons. The van der Waals surface area contributed by atoms with Crippen LogP contribution in [0, 0.1) is 6.92 Å². The van der Waals surface area contributed by atoms with Gasteiger partial charge in [0, 0.05) is 29.3 Å². The van der Waals surface area contributed by atoms with E-state index in [1.165, 1.54) is 23.3 Å². The second-order valence-electron chi connectivity index (χ2n) is 6.80. The van der Waals surface area contributed by atoms with Crippen LogP contribution in [-0.4, -0.2) is 26.6 Å². The summed E-state index contributed by atoms with van der Waals surface area (Å²) in [5.74, 6) is 1.37. The van der Waals surface area contributed by atoms with E-state index in [0.29, 0.717) is 17.8 Å². The molecule has 156 valence electrons. The van der Waals surface area contributed by atoms with Crippen LogP contribution in [0.3, 0.4) is 0 Å². The van der Waals surface area contributed by atoms with Crippen molar-refractivity contribution < 1.29 is 13.2 Å². The number of thioether (sulfide) groups is 1. The molecule has 3 aromatic rings. The Morgan fingerprint density at radius 2 is 1.70 bits per heavy atom. The second-order valence-corrected chi connectivity index (χ2v) is 9.58. The molecule has 0 saturated carbocycles. The van der Waals surface area contributed by atoms with Crippen molar-refractivity contribution in [3.8, 4) is 0 Å². The molecule has 0 fully saturated rings. The molecule has 1 amide bonds. The Hall–Kier alpha value is -2.77. The number of amides is 1. The van der Waals surface area contributed by atoms with Crippen molar-refractivity contribution in [2.75, 3.05) is 17.0 Å². The molecule has 0 unspecified atom stereocenters. The fraction of sp³-hybridized carbons (Fsp3) is 0.174. The number of hydrogen-bond donors (Lipinski definition) is 2. The molecule has 0 heterocycles. The lowest BCUT2D eigenvalue weighted by Gasteiger charge is -2.10. The quantitative estimate of drug-likeness (QED) is 0.482. The second kappa shape index (κ2) is 10.3. The molecule has 0 spiro atoms. The van der Waals surface area contributed by atoms with Gasteiger partial charge in [0.2, 0.25) is 0 Å². The third-order valence-electron chi connectivity index (χ3n) is 4.32. The fourth-order valence-corrected chi connectivity index (χ4v) is 4.77. The van der Waals surface area contributed by atoms with Gasteiger partial charge >= 0.3 is 0 Å². The van der Waals surface area contributed by atoms with Crippen molar-refractivity contribution in [1.82, 2.24) is 5.32 Å². The third kappa shape index (κ3) is 6.37. The predicted octanol–water partition coefficient (Wildman–Crippen LogP) is 4.46. The van der Waals surface area contributed by atoms with Gasteiger partial charge < -0.3 is 5.32 Å². The Morgan fingerprint density at radius 1 is 0.933 bits per heavy atom. The number of aryl methyl sites for hydroxylation is 1. The standard InChI is InChI=1S/C23H24N2O3S2/c1-18-7-5-8-19(15-18)17-29-14-13-24-23(26)20-9-6-12-22(16-20)30(27,28)25-21-10-3-2-4-11-21/h2-12,15-16,25H,13-14,17H2,1H3,(H,24,26). The Morgan fingerprint density at radius 3 is 2.47 bits per heavy atom. The molecule has 5 nitrogen and oxygen atoms in total. The highest BCUT2D eigenvalue weighted by atomic mass is 32.2. The molecule has 7 heteroatoms. The van der Waals surface area contributed by atoms with Crippen molar-refractivity contribution >= 4 is 33.4 Å². The highest BCUT2D eigenvalue weighted by molar-refractivity contribution is 7.98. The summed E-state index contributed by atoms with van der Waals surface area (Å²) in [5.41, 5.74) is 3.28. The number of carbonyl (C=O) groups excluding carboxylic acids is 1. The van der Waals surface area contributed by atoms with Crippen LogP contribution in [0.4, 0.5) is 5.69 Å². The average Bonchev–Trinajstić information content (AvgIpc) is 2.74. The summed E-state index contributed by atoms with van der Waals surface area (Å²) in [6.07, 6.45) is 0. The summed E-state index contributed by atoms with van der Waals surface area (Å²) in [4.78, 5) is 12.5. The van der Waals surface area contributed by atoms with Crippen LogP contribution in [0.15, 0.2) is 83.8 Å². The van der Waals surface area contributed by atoms with Crippen molar-refractivity contribution in [2.45, 2.75) is 17.6 Å². The highest BCUT2D eigenvalue weighted by Gasteiger charge is 2.16. The third-order valence-corrected chi connectivity index (χ3v) is 6.72. The number of nitrogens with one attached hydrogen (secondary N) is 2. The smallest absolute Gasteiger partial charge is 0.261 e. The monoisotopic (exact) mass is 440 g/mol. The molecule has 0 aliphatic rings. The summed E-state index contributed by atoms with van der Waals surface area (Å²) in [6.45, 7) is 2.58. The maximum Gasteiger partial charge on any atom is 0.261 e. The highest BCUT2D eigenvalue weighted by Crippen LogP contribution is 2.17. The molecular formula is C23H24N2O3S2. The molecule has 0 bridgehead atoms. The van der Waals surface area contributed by atoms with Crippen LogP contribution in [0.5, 0.6) is 0 Å². The van der Waals surface area contributed by atoms with Crippen molar-refractivity contribution in [1.29, 1.82) is 0 Å². The molecule has 3 aromatic carbocycles. The van der Waals surface area contributed by atoms with Gasteiger partial charge in [0.05, 0.1) is 4.90 Å². The first-order valence-electron chi connectivity index (χ1n) is 9.53. The Labute approximate surface area is 182 Å². The van der Waals surface area contributed by atoms with Gasteiger partial charge in [-0.1, -0.05) is 54.1 Å². The summed E-state index contributed by atoms with van der Waals surface area (Å²) in [7, 11) is -3.77.